The summed E-state index contributed by atoms with van der Waals surface area (Å²) in [7, 11) is 0. The van der Waals surface area contributed by atoms with Crippen molar-refractivity contribution >= 4 is 118 Å². The quantitative estimate of drug-likeness (QED) is 0.0154. The van der Waals surface area contributed by atoms with Crippen LogP contribution in [0.25, 0.3) is 0 Å². The number of nitrogens with two attached hydrogens (primary N) is 16. The number of carbonyl (C=O) groups is 12. The fourth-order valence-electron chi connectivity index (χ4n) is 11.7. The highest BCUT2D eigenvalue weighted by molar-refractivity contribution is 5.98. The largest absolute Gasteiger partial charge is 0.370 e. The maximum Gasteiger partial charge on any atom is 0.223 e. The number of nitrogens with zero attached hydrogens (tertiary/aromatic N) is 8. The molecule has 0 fully saturated rings. The van der Waals surface area contributed by atoms with Crippen LogP contribution >= 0.6 is 0 Å². The van der Waals surface area contributed by atoms with Crippen molar-refractivity contribution in [3.05, 3.63) is 0 Å². The predicted octanol–water partition coefficient (Wildman–Crippen LogP) is -4.84. The first-order chi connectivity index (χ1) is 50.9. The number of ketones is 8. The summed E-state index contributed by atoms with van der Waals surface area (Å²) in [4.78, 5) is 198. The lowest BCUT2D eigenvalue weighted by Crippen LogP contribution is -2.39. The predicted molar refractivity (Wildman–Crippen MR) is 417 cm³/mol. The number of nitrogens with one attached hydrogen (secondary N) is 4. The molecule has 0 aromatic heterocycles. The third kappa shape index (κ3) is 49.2. The standard InChI is InChI=1S/C68H126N28O12/c1-4-41(13-5-21-85-61(69)70)57(105)93-36-49(97)29-42(14-6-22-86-62(71)72)53(101)33-46(18-10-26-90-66(79)80)58(106)94-37-50(98)30-43(15-7-23-87-63(73)74)54(102)34-47(19-11-27-91-67(81)82)59(107)95-38-51(99)31-44(16-8-24-88-64(75)76)55(103)35-48(20-12-28-92-68(83)84)60(108)96-39-52(100)32-45(56(104)40(2)3)17-9-25-89-65(77)78/h40-48H,4-39H2,1-3H3,(H,93,105)(H,94,106)(H,95,107)(H,96,108)(H4,69,70,85)(H4,71,72,86)(H4,73,74,87)(H4,75,76,88)(H4,77,78,89)(H4,79,80,90)(H4,81,82,91)(H4,83,84,92). The van der Waals surface area contributed by atoms with Crippen molar-refractivity contribution in [2.24, 2.45) is 185 Å². The Morgan fingerprint density at radius 2 is 0.426 bits per heavy atom. The average molecular weight is 1530 g/mol. The van der Waals surface area contributed by atoms with Crippen LogP contribution in [0.3, 0.4) is 0 Å². The first-order valence-electron chi connectivity index (χ1n) is 36.7. The van der Waals surface area contributed by atoms with Crippen LogP contribution in [-0.4, -0.2) is 196 Å². The molecule has 0 aliphatic heterocycles. The Hall–Kier alpha value is -10.6. The van der Waals surface area contributed by atoms with E-state index in [0.717, 1.165) is 0 Å². The third-order valence-electron chi connectivity index (χ3n) is 17.4. The number of aliphatic imine (C=N–C) groups is 8. The number of guanidine groups is 8. The van der Waals surface area contributed by atoms with Crippen molar-refractivity contribution in [2.75, 3.05) is 78.5 Å². The summed E-state index contributed by atoms with van der Waals surface area (Å²) in [5, 5.41) is 10.5. The highest BCUT2D eigenvalue weighted by Gasteiger charge is 2.34. The minimum Gasteiger partial charge on any atom is -0.370 e. The van der Waals surface area contributed by atoms with Crippen molar-refractivity contribution in [2.45, 2.75) is 175 Å². The van der Waals surface area contributed by atoms with Gasteiger partial charge in [0.05, 0.1) is 26.2 Å². The second-order valence-corrected chi connectivity index (χ2v) is 27.0. The van der Waals surface area contributed by atoms with Gasteiger partial charge in [0.2, 0.25) is 23.6 Å². The van der Waals surface area contributed by atoms with Crippen LogP contribution < -0.4 is 113 Å². The molecule has 8 unspecified atom stereocenters. The summed E-state index contributed by atoms with van der Waals surface area (Å²) in [6, 6.07) is 0. The number of hydrogen-bond acceptors (Lipinski definition) is 20. The summed E-state index contributed by atoms with van der Waals surface area (Å²) in [5.74, 6) is -15.5. The van der Waals surface area contributed by atoms with Gasteiger partial charge in [0.15, 0.2) is 70.8 Å². The molecule has 36 N–H and O–H groups in total. The maximum atomic E-state index is 14.5. The highest BCUT2D eigenvalue weighted by Crippen LogP contribution is 2.26. The molecule has 0 aromatic carbocycles. The molecule has 0 heterocycles. The van der Waals surface area contributed by atoms with Crippen molar-refractivity contribution in [1.82, 2.24) is 21.3 Å². The molecule has 0 spiro atoms. The summed E-state index contributed by atoms with van der Waals surface area (Å²) in [6.07, 6.45) is 1.22. The van der Waals surface area contributed by atoms with Crippen LogP contribution in [0.15, 0.2) is 39.9 Å². The topological polar surface area (TPSA) is 768 Å². The van der Waals surface area contributed by atoms with Crippen LogP contribution in [0.1, 0.15) is 175 Å². The molecule has 0 saturated carbocycles. The highest BCUT2D eigenvalue weighted by atomic mass is 16.2. The smallest absolute Gasteiger partial charge is 0.223 e. The zero-order valence-electron chi connectivity index (χ0n) is 63.4. The molecule has 0 aliphatic rings. The van der Waals surface area contributed by atoms with E-state index in [2.05, 4.69) is 61.2 Å². The van der Waals surface area contributed by atoms with Gasteiger partial charge in [-0.05, 0) is 109 Å². The van der Waals surface area contributed by atoms with Gasteiger partial charge in [-0.2, -0.15) is 0 Å². The fourth-order valence-corrected chi connectivity index (χ4v) is 11.7. The third-order valence-corrected chi connectivity index (χ3v) is 17.4. The van der Waals surface area contributed by atoms with E-state index in [0.29, 0.717) is 38.6 Å². The molecule has 0 aromatic rings. The van der Waals surface area contributed by atoms with E-state index < -0.39 is 151 Å². The Morgan fingerprint density at radius 3 is 0.620 bits per heavy atom. The van der Waals surface area contributed by atoms with Gasteiger partial charge >= 0.3 is 0 Å². The zero-order chi connectivity index (χ0) is 81.7. The Labute approximate surface area is 632 Å². The second kappa shape index (κ2) is 56.7. The molecule has 0 radical (unpaired) electrons. The fraction of sp³-hybridized carbons (Fsp3) is 0.706. The summed E-state index contributed by atoms with van der Waals surface area (Å²) < 4.78 is 0. The Kier molecular flexibility index (Phi) is 51.1. The number of hydrogen-bond donors (Lipinski definition) is 20. The van der Waals surface area contributed by atoms with Crippen LogP contribution in [0.4, 0.5) is 0 Å². The van der Waals surface area contributed by atoms with Gasteiger partial charge in [-0.15, -0.1) is 0 Å². The molecule has 4 amide bonds. The summed E-state index contributed by atoms with van der Waals surface area (Å²) >= 11 is 0. The Morgan fingerprint density at radius 1 is 0.250 bits per heavy atom. The molecule has 40 nitrogen and oxygen atoms in total. The van der Waals surface area contributed by atoms with E-state index in [-0.39, 0.29) is 214 Å². The van der Waals surface area contributed by atoms with Crippen LogP contribution in [-0.2, 0) is 57.5 Å². The van der Waals surface area contributed by atoms with Gasteiger partial charge in [-0.3, -0.25) is 97.5 Å². The van der Waals surface area contributed by atoms with E-state index in [1.165, 1.54) is 0 Å². The molecular formula is C68H126N28O12. The van der Waals surface area contributed by atoms with Gasteiger partial charge in [0.25, 0.3) is 0 Å². The minimum atomic E-state index is -1.14. The van der Waals surface area contributed by atoms with Gasteiger partial charge in [0, 0.05) is 151 Å². The molecule has 610 valence electrons. The van der Waals surface area contributed by atoms with E-state index in [9.17, 15) is 57.5 Å². The van der Waals surface area contributed by atoms with Gasteiger partial charge in [0.1, 0.15) is 23.1 Å². The first-order valence-corrected chi connectivity index (χ1v) is 36.7. The van der Waals surface area contributed by atoms with Gasteiger partial charge in [-0.1, -0.05) is 20.8 Å². The molecule has 0 bridgehead atoms. The van der Waals surface area contributed by atoms with Crippen LogP contribution in [0.2, 0.25) is 0 Å². The van der Waals surface area contributed by atoms with Crippen molar-refractivity contribution in [3.8, 4) is 0 Å². The SMILES string of the molecule is CCC(CCCN=C(N)N)C(=O)NCC(=O)CC(CCCN=C(N)N)C(=O)CC(CCCN=C(N)N)C(=O)NCC(=O)CC(CCCN=C(N)N)C(=O)CC(CCCN=C(N)N)C(=O)NCC(=O)CC(CCCN=C(N)N)C(=O)CC(CCCN=C(N)N)C(=O)NCC(=O)CC(CCCN=C(N)N)C(=O)C(C)C. The van der Waals surface area contributed by atoms with Gasteiger partial charge < -0.3 is 113 Å². The molecule has 8 atom stereocenters. The zero-order valence-corrected chi connectivity index (χ0v) is 63.4. The Balaban J connectivity index is 6.93. The van der Waals surface area contributed by atoms with E-state index in [1.54, 1.807) is 13.8 Å². The first kappa shape index (κ1) is 97.4. The second-order valence-electron chi connectivity index (χ2n) is 27.0. The van der Waals surface area contributed by atoms with Crippen LogP contribution in [0, 0.1) is 53.3 Å². The maximum absolute atomic E-state index is 14.5. The lowest BCUT2D eigenvalue weighted by Gasteiger charge is -2.22. The van der Waals surface area contributed by atoms with Crippen molar-refractivity contribution < 1.29 is 57.5 Å². The van der Waals surface area contributed by atoms with E-state index in [1.807, 2.05) is 6.92 Å². The van der Waals surface area contributed by atoms with Crippen molar-refractivity contribution in [3.63, 3.8) is 0 Å². The monoisotopic (exact) mass is 1530 g/mol. The average Bonchev–Trinajstić information content (AvgIpc) is 0.887. The summed E-state index contributed by atoms with van der Waals surface area (Å²) in [5.41, 5.74) is 88.5. The molecule has 40 heteroatoms. The normalized spacial score (nSPS) is 13.1. The number of rotatable bonds is 64. The lowest BCUT2D eigenvalue weighted by atomic mass is 9.85. The van der Waals surface area contributed by atoms with Crippen LogP contribution in [0.5, 0.6) is 0 Å². The van der Waals surface area contributed by atoms with E-state index >= 15 is 0 Å². The Bertz CT molecular complexity index is 3120. The van der Waals surface area contributed by atoms with Gasteiger partial charge in [-0.25, -0.2) is 0 Å². The molecule has 0 aliphatic carbocycles. The van der Waals surface area contributed by atoms with Crippen molar-refractivity contribution in [1.29, 1.82) is 0 Å². The molecular weight excluding hydrogens is 1400 g/mol. The lowest BCUT2D eigenvalue weighted by molar-refractivity contribution is -0.135. The number of carbonyl (C=O) groups excluding carboxylic acids is 12. The molecule has 108 heavy (non-hydrogen) atoms. The molecule has 0 rings (SSSR count). The minimum absolute atomic E-state index is 0.00290. The molecule has 0 saturated heterocycles. The number of Topliss-reactive ketones (excluding diaryl/α,β-unsaturated/α-hetero) is 8. The summed E-state index contributed by atoms with van der Waals surface area (Å²) in [6.45, 7) is 4.21. The number of amides is 4. The van der Waals surface area contributed by atoms with E-state index in [4.69, 9.17) is 91.7 Å².